The molecule has 2 heterocycles. The van der Waals surface area contributed by atoms with Gasteiger partial charge in [0.05, 0.1) is 11.6 Å². The van der Waals surface area contributed by atoms with Crippen LogP contribution in [0.4, 0.5) is 0 Å². The van der Waals surface area contributed by atoms with Gasteiger partial charge in [0.25, 0.3) is 0 Å². The number of aromatic nitrogens is 1. The SMILES string of the molecule is CC1OC1c1ccc2oc(=O)[nH]c2c1. The molecule has 1 aromatic carbocycles. The van der Waals surface area contributed by atoms with Crippen LogP contribution >= 0.6 is 0 Å². The molecule has 0 radical (unpaired) electrons. The monoisotopic (exact) mass is 191 g/mol. The lowest BCUT2D eigenvalue weighted by atomic mass is 10.1. The molecule has 3 rings (SSSR count). The minimum absolute atomic E-state index is 0.179. The van der Waals surface area contributed by atoms with Crippen LogP contribution in [0.5, 0.6) is 0 Å². The van der Waals surface area contributed by atoms with Crippen LogP contribution in [-0.4, -0.2) is 11.1 Å². The zero-order valence-corrected chi connectivity index (χ0v) is 7.61. The lowest BCUT2D eigenvalue weighted by Gasteiger charge is -1.93. The molecular weight excluding hydrogens is 182 g/mol. The molecule has 1 aromatic heterocycles. The third-order valence-corrected chi connectivity index (χ3v) is 2.48. The van der Waals surface area contributed by atoms with Crippen molar-refractivity contribution in [3.8, 4) is 0 Å². The molecule has 14 heavy (non-hydrogen) atoms. The number of ether oxygens (including phenoxy) is 1. The highest BCUT2D eigenvalue weighted by molar-refractivity contribution is 5.73. The van der Waals surface area contributed by atoms with E-state index in [1.165, 1.54) is 0 Å². The molecule has 0 aliphatic carbocycles. The fourth-order valence-electron chi connectivity index (χ4n) is 1.68. The predicted octanol–water partition coefficient (Wildman–Crippen LogP) is 1.58. The van der Waals surface area contributed by atoms with Crippen LogP contribution in [0.25, 0.3) is 11.1 Å². The number of hydrogen-bond donors (Lipinski definition) is 1. The molecule has 4 heteroatoms. The second-order valence-corrected chi connectivity index (χ2v) is 3.53. The summed E-state index contributed by atoms with van der Waals surface area (Å²) >= 11 is 0. The maximum Gasteiger partial charge on any atom is 0.417 e. The molecule has 0 saturated carbocycles. The van der Waals surface area contributed by atoms with Gasteiger partial charge in [-0.3, -0.25) is 4.98 Å². The summed E-state index contributed by atoms with van der Waals surface area (Å²) < 4.78 is 10.2. The van der Waals surface area contributed by atoms with Gasteiger partial charge in [0.2, 0.25) is 0 Å². The molecule has 2 aromatic rings. The number of hydrogen-bond acceptors (Lipinski definition) is 3. The molecule has 1 saturated heterocycles. The average Bonchev–Trinajstić information content (AvgIpc) is 2.76. The van der Waals surface area contributed by atoms with Gasteiger partial charge in [0, 0.05) is 0 Å². The van der Waals surface area contributed by atoms with E-state index in [2.05, 4.69) is 4.98 Å². The highest BCUT2D eigenvalue weighted by Crippen LogP contribution is 2.38. The number of epoxide rings is 1. The van der Waals surface area contributed by atoms with E-state index in [0.717, 1.165) is 11.1 Å². The first-order valence-corrected chi connectivity index (χ1v) is 4.52. The number of oxazole rings is 1. The Hall–Kier alpha value is -1.55. The summed E-state index contributed by atoms with van der Waals surface area (Å²) in [5.41, 5.74) is 2.41. The maximum absolute atomic E-state index is 10.9. The molecule has 0 spiro atoms. The Balaban J connectivity index is 2.15. The number of aromatic amines is 1. The molecule has 2 atom stereocenters. The van der Waals surface area contributed by atoms with Crippen molar-refractivity contribution in [3.63, 3.8) is 0 Å². The predicted molar refractivity (Wildman–Crippen MR) is 50.1 cm³/mol. The van der Waals surface area contributed by atoms with Crippen LogP contribution in [0.3, 0.4) is 0 Å². The molecule has 4 nitrogen and oxygen atoms in total. The van der Waals surface area contributed by atoms with Gasteiger partial charge in [-0.15, -0.1) is 0 Å². The van der Waals surface area contributed by atoms with Crippen LogP contribution < -0.4 is 5.76 Å². The summed E-state index contributed by atoms with van der Waals surface area (Å²) in [5, 5.41) is 0. The van der Waals surface area contributed by atoms with E-state index in [1.54, 1.807) is 6.07 Å². The topological polar surface area (TPSA) is 58.5 Å². The average molecular weight is 191 g/mol. The third-order valence-electron chi connectivity index (χ3n) is 2.48. The molecule has 1 fully saturated rings. The quantitative estimate of drug-likeness (QED) is 0.696. The van der Waals surface area contributed by atoms with Crippen LogP contribution in [0.2, 0.25) is 0 Å². The Morgan fingerprint density at radius 3 is 2.93 bits per heavy atom. The summed E-state index contributed by atoms with van der Waals surface area (Å²) in [6.07, 6.45) is 0.462. The molecule has 72 valence electrons. The van der Waals surface area contributed by atoms with Crippen LogP contribution in [0.15, 0.2) is 27.4 Å². The molecular formula is C10H9NO3. The van der Waals surface area contributed by atoms with Crippen molar-refractivity contribution >= 4 is 11.1 Å². The first-order chi connectivity index (χ1) is 6.74. The van der Waals surface area contributed by atoms with Gasteiger partial charge in [0.15, 0.2) is 5.58 Å². The normalized spacial score (nSPS) is 25.5. The fraction of sp³-hybridized carbons (Fsp3) is 0.300. The number of fused-ring (bicyclic) bond motifs is 1. The molecule has 1 N–H and O–H groups in total. The lowest BCUT2D eigenvalue weighted by molar-refractivity contribution is 0.383. The highest BCUT2D eigenvalue weighted by atomic mass is 16.6. The third kappa shape index (κ3) is 1.08. The number of H-pyrrole nitrogens is 1. The zero-order valence-electron chi connectivity index (χ0n) is 7.61. The van der Waals surface area contributed by atoms with Gasteiger partial charge in [0.1, 0.15) is 6.10 Å². The number of nitrogens with one attached hydrogen (secondary N) is 1. The second kappa shape index (κ2) is 2.48. The molecule has 1 aliphatic heterocycles. The Kier molecular flexibility index (Phi) is 1.39. The second-order valence-electron chi connectivity index (χ2n) is 3.53. The van der Waals surface area contributed by atoms with Crippen molar-refractivity contribution in [2.24, 2.45) is 0 Å². The van der Waals surface area contributed by atoms with E-state index in [1.807, 2.05) is 19.1 Å². The maximum atomic E-state index is 10.9. The Morgan fingerprint density at radius 1 is 1.43 bits per heavy atom. The summed E-state index contributed by atoms with van der Waals surface area (Å²) in [4.78, 5) is 13.5. The Bertz CT molecular complexity index is 540. The van der Waals surface area contributed by atoms with Gasteiger partial charge in [-0.2, -0.15) is 0 Å². The first-order valence-electron chi connectivity index (χ1n) is 4.52. The van der Waals surface area contributed by atoms with Crippen molar-refractivity contribution in [2.75, 3.05) is 0 Å². The number of benzene rings is 1. The lowest BCUT2D eigenvalue weighted by Crippen LogP contribution is -1.93. The van der Waals surface area contributed by atoms with E-state index < -0.39 is 5.76 Å². The van der Waals surface area contributed by atoms with Crippen LogP contribution in [0, 0.1) is 0 Å². The van der Waals surface area contributed by atoms with Gasteiger partial charge in [-0.05, 0) is 24.6 Å². The molecule has 2 unspecified atom stereocenters. The van der Waals surface area contributed by atoms with Crippen LogP contribution in [-0.2, 0) is 4.74 Å². The van der Waals surface area contributed by atoms with E-state index in [-0.39, 0.29) is 12.2 Å². The zero-order chi connectivity index (χ0) is 9.71. The van der Waals surface area contributed by atoms with Crippen molar-refractivity contribution < 1.29 is 9.15 Å². The Morgan fingerprint density at radius 2 is 2.21 bits per heavy atom. The highest BCUT2D eigenvalue weighted by Gasteiger charge is 2.35. The summed E-state index contributed by atoms with van der Waals surface area (Å²) in [7, 11) is 0. The molecule has 0 amide bonds. The van der Waals surface area contributed by atoms with Gasteiger partial charge < -0.3 is 9.15 Å². The smallest absolute Gasteiger partial charge is 0.408 e. The minimum Gasteiger partial charge on any atom is -0.408 e. The summed E-state index contributed by atoms with van der Waals surface area (Å²) in [6, 6.07) is 5.61. The Labute approximate surface area is 79.5 Å². The van der Waals surface area contributed by atoms with Gasteiger partial charge in [-0.1, -0.05) is 6.07 Å². The van der Waals surface area contributed by atoms with E-state index in [0.29, 0.717) is 5.58 Å². The summed E-state index contributed by atoms with van der Waals surface area (Å²) in [6.45, 7) is 2.02. The number of rotatable bonds is 1. The van der Waals surface area contributed by atoms with Gasteiger partial charge in [-0.25, -0.2) is 4.79 Å². The largest absolute Gasteiger partial charge is 0.417 e. The first kappa shape index (κ1) is 7.82. The van der Waals surface area contributed by atoms with Crippen LogP contribution in [0.1, 0.15) is 18.6 Å². The standard InChI is InChI=1S/C10H9NO3/c1-5-9(13-5)6-2-3-8-7(4-6)11-10(12)14-8/h2-5,9H,1H3,(H,11,12). The van der Waals surface area contributed by atoms with E-state index in [9.17, 15) is 4.79 Å². The van der Waals surface area contributed by atoms with Gasteiger partial charge >= 0.3 is 5.76 Å². The van der Waals surface area contributed by atoms with Crippen molar-refractivity contribution in [1.82, 2.24) is 4.98 Å². The minimum atomic E-state index is -0.415. The fourth-order valence-corrected chi connectivity index (χ4v) is 1.68. The summed E-state index contributed by atoms with van der Waals surface area (Å²) in [5.74, 6) is -0.415. The van der Waals surface area contributed by atoms with E-state index >= 15 is 0 Å². The van der Waals surface area contributed by atoms with Crippen molar-refractivity contribution in [3.05, 3.63) is 34.3 Å². The molecule has 0 bridgehead atoms. The van der Waals surface area contributed by atoms with E-state index in [4.69, 9.17) is 9.15 Å². The molecule has 1 aliphatic rings. The van der Waals surface area contributed by atoms with Crippen molar-refractivity contribution in [1.29, 1.82) is 0 Å². The van der Waals surface area contributed by atoms with Crippen molar-refractivity contribution in [2.45, 2.75) is 19.1 Å².